The molecule has 0 atom stereocenters. The van der Waals surface area contributed by atoms with Crippen molar-refractivity contribution in [2.24, 2.45) is 0 Å². The highest BCUT2D eigenvalue weighted by atomic mass is 16.1. The predicted octanol–water partition coefficient (Wildman–Crippen LogP) is 2.31. The quantitative estimate of drug-likeness (QED) is 0.653. The minimum atomic E-state index is 0.156. The average molecular weight is 266 g/mol. The van der Waals surface area contributed by atoms with E-state index in [1.165, 1.54) is 11.1 Å². The largest absolute Gasteiger partial charge is 0.294 e. The van der Waals surface area contributed by atoms with E-state index in [0.717, 1.165) is 17.8 Å². The lowest BCUT2D eigenvalue weighted by Gasteiger charge is -1.99. The van der Waals surface area contributed by atoms with Crippen molar-refractivity contribution >= 4 is 11.5 Å². The number of rotatable bonds is 5. The molecule has 0 bridgehead atoms. The first kappa shape index (κ1) is 14.2. The van der Waals surface area contributed by atoms with Crippen LogP contribution in [-0.2, 0) is 6.54 Å². The molecule has 0 amide bonds. The van der Waals surface area contributed by atoms with Crippen molar-refractivity contribution < 1.29 is 9.79 Å². The summed E-state index contributed by atoms with van der Waals surface area (Å²) in [7, 11) is 0. The number of Topliss-reactive ketones (excluding diaryl/α,β-unsaturated/α-hetero) is 1. The molecule has 2 aromatic carbocycles. The normalized spacial score (nSPS) is 11.4. The Morgan fingerprint density at radius 3 is 2.30 bits per heavy atom. The average Bonchev–Trinajstić information content (AvgIpc) is 2.47. The second-order valence-electron chi connectivity index (χ2n) is 5.09. The summed E-state index contributed by atoms with van der Waals surface area (Å²) in [5, 5.41) is 0. The molecule has 0 heterocycles. The highest BCUT2D eigenvalue weighted by molar-refractivity contribution is 6.07. The van der Waals surface area contributed by atoms with Crippen LogP contribution >= 0.6 is 0 Å². The summed E-state index contributed by atoms with van der Waals surface area (Å²) < 4.78 is 0. The number of ketones is 1. The number of hydrogen-bond donors (Lipinski definition) is 1. The van der Waals surface area contributed by atoms with Gasteiger partial charge in [-0.05, 0) is 6.92 Å². The molecule has 102 valence electrons. The van der Waals surface area contributed by atoms with E-state index < -0.39 is 0 Å². The molecule has 2 aromatic rings. The molecule has 2 nitrogen and oxygen atoms in total. The van der Waals surface area contributed by atoms with Gasteiger partial charge in [-0.25, -0.2) is 4.99 Å². The minimum Gasteiger partial charge on any atom is -0.294 e. The lowest BCUT2D eigenvalue weighted by molar-refractivity contribution is -0.476. The summed E-state index contributed by atoms with van der Waals surface area (Å²) in [6, 6.07) is 17.9. The predicted molar refractivity (Wildman–Crippen MR) is 81.9 cm³/mol. The second-order valence-corrected chi connectivity index (χ2v) is 5.09. The minimum absolute atomic E-state index is 0.156. The van der Waals surface area contributed by atoms with E-state index in [9.17, 15) is 4.79 Å². The summed E-state index contributed by atoms with van der Waals surface area (Å²) in [6.07, 6.45) is 0.440. The van der Waals surface area contributed by atoms with Crippen LogP contribution < -0.4 is 4.99 Å². The molecule has 0 aliphatic heterocycles. The molecule has 0 unspecified atom stereocenters. The molecular weight excluding hydrogens is 246 g/mol. The maximum atomic E-state index is 12.1. The van der Waals surface area contributed by atoms with Crippen molar-refractivity contribution in [2.75, 3.05) is 0 Å². The molecule has 0 radical (unpaired) electrons. The van der Waals surface area contributed by atoms with Gasteiger partial charge in [0.15, 0.2) is 18.0 Å². The zero-order chi connectivity index (χ0) is 14.4. The van der Waals surface area contributed by atoms with Crippen molar-refractivity contribution in [3.8, 4) is 0 Å². The Hall–Kier alpha value is -2.22. The molecule has 0 saturated heterocycles. The van der Waals surface area contributed by atoms with Crippen molar-refractivity contribution in [1.29, 1.82) is 0 Å². The van der Waals surface area contributed by atoms with Crippen molar-refractivity contribution in [3.05, 3.63) is 71.3 Å². The fourth-order valence-electron chi connectivity index (χ4n) is 1.99. The molecule has 0 fully saturated rings. The monoisotopic (exact) mass is 266 g/mol. The van der Waals surface area contributed by atoms with Gasteiger partial charge in [-0.3, -0.25) is 4.79 Å². The smallest absolute Gasteiger partial charge is 0.172 e. The van der Waals surface area contributed by atoms with Crippen molar-refractivity contribution in [3.63, 3.8) is 0 Å². The van der Waals surface area contributed by atoms with Crippen LogP contribution in [0.3, 0.4) is 0 Å². The zero-order valence-corrected chi connectivity index (χ0v) is 12.0. The van der Waals surface area contributed by atoms with Gasteiger partial charge in [0.05, 0.1) is 6.42 Å². The highest BCUT2D eigenvalue weighted by Gasteiger charge is 2.10. The Morgan fingerprint density at radius 2 is 1.65 bits per heavy atom. The van der Waals surface area contributed by atoms with Crippen LogP contribution in [0.2, 0.25) is 0 Å². The lowest BCUT2D eigenvalue weighted by atomic mass is 10.0. The fraction of sp³-hybridized carbons (Fsp3) is 0.222. The Kier molecular flexibility index (Phi) is 4.83. The molecule has 2 rings (SSSR count). The van der Waals surface area contributed by atoms with Crippen LogP contribution in [0.4, 0.5) is 0 Å². The maximum Gasteiger partial charge on any atom is 0.172 e. The van der Waals surface area contributed by atoms with E-state index in [0.29, 0.717) is 6.42 Å². The van der Waals surface area contributed by atoms with E-state index >= 15 is 0 Å². The molecule has 0 aliphatic carbocycles. The van der Waals surface area contributed by atoms with Crippen molar-refractivity contribution in [2.45, 2.75) is 26.8 Å². The number of hydrogen-bond acceptors (Lipinski definition) is 1. The number of carbonyl (C=O) groups excluding carboxylic acids is 1. The standard InChI is InChI=1S/C18H19NO/c1-14-8-10-17(11-9-14)18(20)12-15(2)19-13-16-6-4-3-5-7-16/h3-11H,12-13H2,1-2H3/p+1. The van der Waals surface area contributed by atoms with Crippen LogP contribution in [0, 0.1) is 6.92 Å². The third-order valence-corrected chi connectivity index (χ3v) is 3.24. The summed E-state index contributed by atoms with van der Waals surface area (Å²) in [4.78, 5) is 15.4. The topological polar surface area (TPSA) is 31.0 Å². The molecule has 1 N–H and O–H groups in total. The number of aryl methyl sites for hydroxylation is 1. The van der Waals surface area contributed by atoms with Crippen LogP contribution in [0.25, 0.3) is 0 Å². The molecule has 20 heavy (non-hydrogen) atoms. The van der Waals surface area contributed by atoms with Gasteiger partial charge in [0.1, 0.15) is 0 Å². The molecule has 0 aliphatic rings. The third kappa shape index (κ3) is 4.16. The fourth-order valence-corrected chi connectivity index (χ4v) is 1.99. The first-order valence-corrected chi connectivity index (χ1v) is 6.85. The Morgan fingerprint density at radius 1 is 1.00 bits per heavy atom. The zero-order valence-electron chi connectivity index (χ0n) is 12.0. The van der Waals surface area contributed by atoms with Crippen LogP contribution in [0.5, 0.6) is 0 Å². The molecular formula is C18H20NO+. The van der Waals surface area contributed by atoms with Gasteiger partial charge in [0.2, 0.25) is 0 Å². The molecule has 2 heteroatoms. The van der Waals surface area contributed by atoms with Crippen LogP contribution in [-0.4, -0.2) is 11.5 Å². The van der Waals surface area contributed by atoms with Gasteiger partial charge in [-0.15, -0.1) is 0 Å². The van der Waals surface area contributed by atoms with E-state index in [1.54, 1.807) is 0 Å². The van der Waals surface area contributed by atoms with Gasteiger partial charge >= 0.3 is 0 Å². The molecule has 0 spiro atoms. The van der Waals surface area contributed by atoms with Gasteiger partial charge in [0, 0.05) is 18.1 Å². The number of nitrogens with one attached hydrogen (secondary N) is 1. The molecule has 0 aromatic heterocycles. The summed E-state index contributed by atoms with van der Waals surface area (Å²) >= 11 is 0. The van der Waals surface area contributed by atoms with E-state index in [2.05, 4.69) is 17.1 Å². The van der Waals surface area contributed by atoms with E-state index in [1.807, 2.05) is 56.3 Å². The summed E-state index contributed by atoms with van der Waals surface area (Å²) in [5.41, 5.74) is 4.16. The Bertz CT molecular complexity index is 597. The summed E-state index contributed by atoms with van der Waals surface area (Å²) in [6.45, 7) is 4.75. The van der Waals surface area contributed by atoms with Crippen molar-refractivity contribution in [1.82, 2.24) is 0 Å². The lowest BCUT2D eigenvalue weighted by Crippen LogP contribution is -2.70. The number of benzene rings is 2. The third-order valence-electron chi connectivity index (χ3n) is 3.24. The van der Waals surface area contributed by atoms with Gasteiger partial charge < -0.3 is 0 Å². The number of carbonyl (C=O) groups is 1. The van der Waals surface area contributed by atoms with Gasteiger partial charge in [0.25, 0.3) is 0 Å². The van der Waals surface area contributed by atoms with Gasteiger partial charge in [-0.2, -0.15) is 0 Å². The summed E-state index contributed by atoms with van der Waals surface area (Å²) in [5.74, 6) is 0.156. The first-order chi connectivity index (χ1) is 9.65. The van der Waals surface area contributed by atoms with E-state index in [-0.39, 0.29) is 5.78 Å². The Balaban J connectivity index is 1.95. The van der Waals surface area contributed by atoms with Gasteiger partial charge in [-0.1, -0.05) is 60.2 Å². The second kappa shape index (κ2) is 6.80. The SMILES string of the molecule is CC(CC(=O)c1ccc(C)cc1)=[NH+]Cc1ccccc1. The highest BCUT2D eigenvalue weighted by Crippen LogP contribution is 2.06. The van der Waals surface area contributed by atoms with E-state index in [4.69, 9.17) is 0 Å². The maximum absolute atomic E-state index is 12.1. The Labute approximate surface area is 120 Å². The molecule has 0 saturated carbocycles. The van der Waals surface area contributed by atoms with Crippen LogP contribution in [0.1, 0.15) is 34.8 Å². The first-order valence-electron chi connectivity index (χ1n) is 6.85. The van der Waals surface area contributed by atoms with Crippen LogP contribution in [0.15, 0.2) is 54.6 Å².